The second-order valence-electron chi connectivity index (χ2n) is 4.47. The van der Waals surface area contributed by atoms with E-state index in [0.29, 0.717) is 12.8 Å². The van der Waals surface area contributed by atoms with Crippen molar-refractivity contribution in [2.45, 2.75) is 25.1 Å². The van der Waals surface area contributed by atoms with E-state index < -0.39 is 18.6 Å². The third-order valence-corrected chi connectivity index (χ3v) is 2.82. The normalized spacial score (nSPS) is 15.3. The largest absolute Gasteiger partial charge is 0.405 e. The van der Waals surface area contributed by atoms with Crippen LogP contribution < -0.4 is 16.4 Å². The molecule has 1 aromatic rings. The lowest BCUT2D eigenvalue weighted by Gasteiger charge is -2.25. The van der Waals surface area contributed by atoms with Crippen molar-refractivity contribution in [2.24, 2.45) is 5.73 Å². The first-order valence-corrected chi connectivity index (χ1v) is 5.66. The van der Waals surface area contributed by atoms with Crippen LogP contribution in [0.2, 0.25) is 0 Å². The molecule has 0 spiro atoms. The van der Waals surface area contributed by atoms with E-state index in [1.165, 1.54) is 6.07 Å². The number of nitrogens with zero attached hydrogens (tertiary/aromatic N) is 2. The lowest BCUT2D eigenvalue weighted by molar-refractivity contribution is -0.120. The van der Waals surface area contributed by atoms with Crippen molar-refractivity contribution in [2.75, 3.05) is 17.2 Å². The summed E-state index contributed by atoms with van der Waals surface area (Å²) in [6.07, 6.45) is -1.83. The molecule has 1 saturated carbocycles. The highest BCUT2D eigenvalue weighted by Gasteiger charge is 2.39. The SMILES string of the molecule is NC(=O)c1cc(N(CC(F)(F)F)C2CC2)ncc1N. The summed E-state index contributed by atoms with van der Waals surface area (Å²) < 4.78 is 37.6. The second-order valence-corrected chi connectivity index (χ2v) is 4.47. The maximum Gasteiger partial charge on any atom is 0.405 e. The summed E-state index contributed by atoms with van der Waals surface area (Å²) >= 11 is 0. The van der Waals surface area contributed by atoms with Crippen molar-refractivity contribution >= 4 is 17.4 Å². The number of nitrogen functional groups attached to an aromatic ring is 1. The predicted molar refractivity (Wildman–Crippen MR) is 63.6 cm³/mol. The molecular weight excluding hydrogens is 261 g/mol. The van der Waals surface area contributed by atoms with Gasteiger partial charge in [-0.3, -0.25) is 4.79 Å². The van der Waals surface area contributed by atoms with Gasteiger partial charge in [0.2, 0.25) is 0 Å². The van der Waals surface area contributed by atoms with E-state index in [1.807, 2.05) is 0 Å². The topological polar surface area (TPSA) is 85.2 Å². The molecule has 0 atom stereocenters. The maximum atomic E-state index is 12.5. The highest BCUT2D eigenvalue weighted by Crippen LogP contribution is 2.34. The number of rotatable bonds is 4. The molecule has 4 N–H and O–H groups in total. The second kappa shape index (κ2) is 4.60. The molecule has 0 bridgehead atoms. The number of anilines is 2. The van der Waals surface area contributed by atoms with Gasteiger partial charge in [-0.25, -0.2) is 4.98 Å². The van der Waals surface area contributed by atoms with Crippen molar-refractivity contribution in [3.63, 3.8) is 0 Å². The molecule has 0 saturated heterocycles. The first-order valence-electron chi connectivity index (χ1n) is 5.66. The molecule has 1 aliphatic rings. The summed E-state index contributed by atoms with van der Waals surface area (Å²) in [5.74, 6) is -0.716. The maximum absolute atomic E-state index is 12.5. The number of alkyl halides is 3. The number of hydrogen-bond acceptors (Lipinski definition) is 4. The zero-order chi connectivity index (χ0) is 14.2. The Morgan fingerprint density at radius 3 is 2.58 bits per heavy atom. The van der Waals surface area contributed by atoms with Crippen LogP contribution in [0.1, 0.15) is 23.2 Å². The molecule has 0 unspecified atom stereocenters. The quantitative estimate of drug-likeness (QED) is 0.866. The lowest BCUT2D eigenvalue weighted by atomic mass is 10.2. The van der Waals surface area contributed by atoms with E-state index in [1.54, 1.807) is 0 Å². The summed E-state index contributed by atoms with van der Waals surface area (Å²) in [6.45, 7) is -1.10. The Bertz CT molecular complexity index is 499. The Morgan fingerprint density at radius 1 is 1.47 bits per heavy atom. The Morgan fingerprint density at radius 2 is 2.11 bits per heavy atom. The van der Waals surface area contributed by atoms with Gasteiger partial charge in [-0.1, -0.05) is 0 Å². The Balaban J connectivity index is 2.32. The van der Waals surface area contributed by atoms with Gasteiger partial charge in [-0.05, 0) is 18.9 Å². The molecule has 0 aromatic carbocycles. The third kappa shape index (κ3) is 3.27. The molecule has 0 radical (unpaired) electrons. The molecule has 104 valence electrons. The van der Waals surface area contributed by atoms with Crippen LogP contribution in [0.3, 0.4) is 0 Å². The summed E-state index contributed by atoms with van der Waals surface area (Å²) in [4.78, 5) is 16.1. The van der Waals surface area contributed by atoms with Crippen LogP contribution >= 0.6 is 0 Å². The van der Waals surface area contributed by atoms with Gasteiger partial charge >= 0.3 is 6.18 Å². The van der Waals surface area contributed by atoms with Gasteiger partial charge in [-0.15, -0.1) is 0 Å². The number of carbonyl (C=O) groups is 1. The number of aromatic nitrogens is 1. The van der Waals surface area contributed by atoms with E-state index in [0.717, 1.165) is 11.1 Å². The van der Waals surface area contributed by atoms with E-state index in [2.05, 4.69) is 4.98 Å². The molecule has 1 amide bonds. The standard InChI is InChI=1S/C11H13F3N4O/c12-11(13,14)5-18(6-1-2-6)9-3-7(10(16)19)8(15)4-17-9/h3-4,6H,1-2,5,15H2,(H2,16,19). The number of primary amides is 1. The van der Waals surface area contributed by atoms with Gasteiger partial charge in [-0.2, -0.15) is 13.2 Å². The Kier molecular flexibility index (Phi) is 3.25. The third-order valence-electron chi connectivity index (χ3n) is 2.82. The Labute approximate surface area is 107 Å². The van der Waals surface area contributed by atoms with Gasteiger partial charge in [0.15, 0.2) is 0 Å². The van der Waals surface area contributed by atoms with Crippen LogP contribution in [0.4, 0.5) is 24.7 Å². The van der Waals surface area contributed by atoms with Crippen molar-refractivity contribution in [1.29, 1.82) is 0 Å². The molecule has 1 fully saturated rings. The first-order chi connectivity index (χ1) is 8.78. The van der Waals surface area contributed by atoms with E-state index in [-0.39, 0.29) is 23.1 Å². The zero-order valence-electron chi connectivity index (χ0n) is 9.94. The first kappa shape index (κ1) is 13.4. The van der Waals surface area contributed by atoms with Gasteiger partial charge in [0, 0.05) is 6.04 Å². The van der Waals surface area contributed by atoms with Crippen molar-refractivity contribution < 1.29 is 18.0 Å². The minimum atomic E-state index is -4.33. The fourth-order valence-electron chi connectivity index (χ4n) is 1.80. The number of pyridine rings is 1. The van der Waals surface area contributed by atoms with Gasteiger partial charge in [0.05, 0.1) is 17.4 Å². The van der Waals surface area contributed by atoms with Crippen LogP contribution in [0.25, 0.3) is 0 Å². The average molecular weight is 274 g/mol. The van der Waals surface area contributed by atoms with Crippen LogP contribution in [0.5, 0.6) is 0 Å². The molecule has 19 heavy (non-hydrogen) atoms. The number of hydrogen-bond donors (Lipinski definition) is 2. The van der Waals surface area contributed by atoms with Crippen LogP contribution in [0, 0.1) is 0 Å². The highest BCUT2D eigenvalue weighted by atomic mass is 19.4. The summed E-state index contributed by atoms with van der Waals surface area (Å²) in [6, 6.07) is 1.01. The molecule has 5 nitrogen and oxygen atoms in total. The summed E-state index contributed by atoms with van der Waals surface area (Å²) in [5, 5.41) is 0. The predicted octanol–water partition coefficient (Wildman–Crippen LogP) is 1.29. The van der Waals surface area contributed by atoms with E-state index in [9.17, 15) is 18.0 Å². The highest BCUT2D eigenvalue weighted by molar-refractivity contribution is 5.98. The van der Waals surface area contributed by atoms with Crippen molar-refractivity contribution in [1.82, 2.24) is 4.98 Å². The van der Waals surface area contributed by atoms with Crippen molar-refractivity contribution in [3.8, 4) is 0 Å². The smallest absolute Gasteiger partial charge is 0.397 e. The minimum Gasteiger partial charge on any atom is -0.397 e. The molecular formula is C11H13F3N4O. The molecule has 1 heterocycles. The summed E-state index contributed by atoms with van der Waals surface area (Å²) in [7, 11) is 0. The van der Waals surface area contributed by atoms with Crippen LogP contribution in [0.15, 0.2) is 12.3 Å². The summed E-state index contributed by atoms with van der Waals surface area (Å²) in [5.41, 5.74) is 10.7. The lowest BCUT2D eigenvalue weighted by Crippen LogP contribution is -2.36. The van der Waals surface area contributed by atoms with Crippen LogP contribution in [-0.2, 0) is 0 Å². The molecule has 1 aromatic heterocycles. The number of nitrogens with two attached hydrogens (primary N) is 2. The fourth-order valence-corrected chi connectivity index (χ4v) is 1.80. The van der Waals surface area contributed by atoms with Gasteiger partial charge < -0.3 is 16.4 Å². The fraction of sp³-hybridized carbons (Fsp3) is 0.455. The van der Waals surface area contributed by atoms with Gasteiger partial charge in [0.1, 0.15) is 12.4 Å². The van der Waals surface area contributed by atoms with E-state index >= 15 is 0 Å². The van der Waals surface area contributed by atoms with Gasteiger partial charge in [0.25, 0.3) is 5.91 Å². The Hall–Kier alpha value is -1.99. The average Bonchev–Trinajstić information content (AvgIpc) is 3.09. The molecule has 2 rings (SSSR count). The molecule has 0 aliphatic heterocycles. The van der Waals surface area contributed by atoms with Crippen LogP contribution in [-0.4, -0.2) is 29.7 Å². The van der Waals surface area contributed by atoms with Crippen molar-refractivity contribution in [3.05, 3.63) is 17.8 Å². The minimum absolute atomic E-state index is 0.0159. The zero-order valence-corrected chi connectivity index (χ0v) is 9.94. The number of amides is 1. The molecule has 8 heteroatoms. The monoisotopic (exact) mass is 274 g/mol. The molecule has 1 aliphatic carbocycles. The number of carbonyl (C=O) groups excluding carboxylic acids is 1. The number of halogens is 3. The van der Waals surface area contributed by atoms with E-state index in [4.69, 9.17) is 11.5 Å².